The lowest BCUT2D eigenvalue weighted by molar-refractivity contribution is 0.0966. The smallest absolute Gasteiger partial charge is 0.268 e. The van der Waals surface area contributed by atoms with E-state index in [1.807, 2.05) is 24.3 Å². The van der Waals surface area contributed by atoms with Gasteiger partial charge in [0.2, 0.25) is 0 Å². The molecule has 0 unspecified atom stereocenters. The standard InChI is InChI=1S/C22H18N2O4S2/c1-13(25)15-9-19(29-11-15)21(27)23-7-8-24(18-6-4-3-5-17(18)23)22(28)20-10-16(12-30-20)14(2)26/h3-6,9-12H,7-8H2,1-2H3. The molecule has 0 saturated carbocycles. The summed E-state index contributed by atoms with van der Waals surface area (Å²) in [5.41, 5.74) is 2.32. The maximum Gasteiger partial charge on any atom is 0.268 e. The zero-order valence-electron chi connectivity index (χ0n) is 16.4. The quantitative estimate of drug-likeness (QED) is 0.561. The number of amides is 2. The van der Waals surface area contributed by atoms with Gasteiger partial charge in [0.05, 0.1) is 21.1 Å². The molecule has 0 saturated heterocycles. The predicted molar refractivity (Wildman–Crippen MR) is 118 cm³/mol. The Hall–Kier alpha value is -3.10. The Morgan fingerprint density at radius 1 is 0.733 bits per heavy atom. The molecule has 0 radical (unpaired) electrons. The van der Waals surface area contributed by atoms with E-state index in [0.29, 0.717) is 45.3 Å². The summed E-state index contributed by atoms with van der Waals surface area (Å²) in [4.78, 5) is 53.6. The zero-order chi connectivity index (χ0) is 21.4. The fourth-order valence-corrected chi connectivity index (χ4v) is 5.10. The van der Waals surface area contributed by atoms with Crippen molar-refractivity contribution in [3.63, 3.8) is 0 Å². The highest BCUT2D eigenvalue weighted by molar-refractivity contribution is 7.12. The molecule has 1 aromatic carbocycles. The molecular weight excluding hydrogens is 420 g/mol. The van der Waals surface area contributed by atoms with Gasteiger partial charge in [-0.15, -0.1) is 22.7 Å². The molecule has 3 aromatic rings. The van der Waals surface area contributed by atoms with E-state index in [4.69, 9.17) is 0 Å². The minimum absolute atomic E-state index is 0.0815. The molecule has 0 atom stereocenters. The molecule has 30 heavy (non-hydrogen) atoms. The number of ketones is 2. The third kappa shape index (κ3) is 3.59. The van der Waals surface area contributed by atoms with E-state index in [-0.39, 0.29) is 23.4 Å². The highest BCUT2D eigenvalue weighted by Gasteiger charge is 2.32. The van der Waals surface area contributed by atoms with Gasteiger partial charge in [-0.2, -0.15) is 0 Å². The summed E-state index contributed by atoms with van der Waals surface area (Å²) in [5, 5.41) is 3.37. The number of Topliss-reactive ketones (excluding diaryl/α,β-unsaturated/α-hetero) is 2. The number of para-hydroxylation sites is 2. The first-order chi connectivity index (χ1) is 14.4. The fraction of sp³-hybridized carbons (Fsp3) is 0.182. The minimum Gasteiger partial charge on any atom is -0.304 e. The van der Waals surface area contributed by atoms with Crippen LogP contribution >= 0.6 is 22.7 Å². The number of thiophene rings is 2. The first-order valence-corrected chi connectivity index (χ1v) is 11.0. The van der Waals surface area contributed by atoms with E-state index >= 15 is 0 Å². The van der Waals surface area contributed by atoms with Crippen molar-refractivity contribution >= 4 is 57.4 Å². The lowest BCUT2D eigenvalue weighted by atomic mass is 10.1. The van der Waals surface area contributed by atoms with Crippen molar-refractivity contribution in [2.24, 2.45) is 0 Å². The van der Waals surface area contributed by atoms with Crippen LogP contribution in [-0.4, -0.2) is 36.5 Å². The van der Waals surface area contributed by atoms with E-state index in [0.717, 1.165) is 0 Å². The van der Waals surface area contributed by atoms with Crippen LogP contribution in [0.5, 0.6) is 0 Å². The molecule has 3 heterocycles. The lowest BCUT2D eigenvalue weighted by Crippen LogP contribution is -2.46. The molecule has 0 N–H and O–H groups in total. The number of hydrogen-bond acceptors (Lipinski definition) is 6. The molecule has 1 aliphatic rings. The second kappa shape index (κ2) is 7.97. The number of carbonyl (C=O) groups excluding carboxylic acids is 4. The van der Waals surface area contributed by atoms with E-state index in [2.05, 4.69) is 0 Å². The van der Waals surface area contributed by atoms with E-state index < -0.39 is 0 Å². The summed E-state index contributed by atoms with van der Waals surface area (Å²) in [6.07, 6.45) is 0. The SMILES string of the molecule is CC(=O)c1csc(C(=O)N2CCN(C(=O)c3cc(C(C)=O)cs3)c3ccccc32)c1. The van der Waals surface area contributed by atoms with Crippen LogP contribution < -0.4 is 9.80 Å². The maximum absolute atomic E-state index is 13.1. The van der Waals surface area contributed by atoms with Crippen LogP contribution in [0.3, 0.4) is 0 Å². The number of benzene rings is 1. The van der Waals surface area contributed by atoms with Crippen LogP contribution in [0.1, 0.15) is 53.9 Å². The Balaban J connectivity index is 1.65. The largest absolute Gasteiger partial charge is 0.304 e. The lowest BCUT2D eigenvalue weighted by Gasteiger charge is -2.36. The van der Waals surface area contributed by atoms with Gasteiger partial charge in [-0.1, -0.05) is 12.1 Å². The molecule has 2 aromatic heterocycles. The molecule has 0 bridgehead atoms. The van der Waals surface area contributed by atoms with E-state index in [1.165, 1.54) is 36.5 Å². The van der Waals surface area contributed by atoms with Crippen molar-refractivity contribution in [3.8, 4) is 0 Å². The second-order valence-electron chi connectivity index (χ2n) is 6.91. The molecule has 1 aliphatic heterocycles. The topological polar surface area (TPSA) is 74.8 Å². The summed E-state index contributed by atoms with van der Waals surface area (Å²) in [6.45, 7) is 3.61. The van der Waals surface area contributed by atoms with Crippen LogP contribution in [-0.2, 0) is 0 Å². The van der Waals surface area contributed by atoms with Gasteiger partial charge in [0.15, 0.2) is 11.6 Å². The van der Waals surface area contributed by atoms with Gasteiger partial charge < -0.3 is 9.80 Å². The molecule has 0 aliphatic carbocycles. The first kappa shape index (κ1) is 20.2. The van der Waals surface area contributed by atoms with Crippen LogP contribution in [0.25, 0.3) is 0 Å². The predicted octanol–water partition coefficient (Wildman–Crippen LogP) is 4.52. The average Bonchev–Trinajstić information content (AvgIpc) is 3.42. The molecule has 0 spiro atoms. The molecule has 8 heteroatoms. The minimum atomic E-state index is -0.193. The third-order valence-corrected chi connectivity index (χ3v) is 6.77. The Morgan fingerprint density at radius 3 is 1.47 bits per heavy atom. The third-order valence-electron chi connectivity index (χ3n) is 4.93. The second-order valence-corrected chi connectivity index (χ2v) is 8.74. The summed E-state index contributed by atoms with van der Waals surface area (Å²) >= 11 is 2.48. The van der Waals surface area contributed by atoms with Crippen molar-refractivity contribution in [2.45, 2.75) is 13.8 Å². The Morgan fingerprint density at radius 2 is 1.13 bits per heavy atom. The summed E-state index contributed by atoms with van der Waals surface area (Å²) in [5.74, 6) is -0.548. The molecule has 4 rings (SSSR count). The number of nitrogens with zero attached hydrogens (tertiary/aromatic N) is 2. The number of anilines is 2. The average molecular weight is 439 g/mol. The van der Waals surface area contributed by atoms with Crippen molar-refractivity contribution < 1.29 is 19.2 Å². The Bertz CT molecular complexity index is 1090. The van der Waals surface area contributed by atoms with Crippen LogP contribution in [0.4, 0.5) is 11.4 Å². The molecule has 2 amide bonds. The van der Waals surface area contributed by atoms with Gasteiger partial charge >= 0.3 is 0 Å². The van der Waals surface area contributed by atoms with Crippen LogP contribution in [0.15, 0.2) is 47.2 Å². The summed E-state index contributed by atoms with van der Waals surface area (Å²) in [6, 6.07) is 10.5. The van der Waals surface area contributed by atoms with Gasteiger partial charge in [-0.25, -0.2) is 0 Å². The van der Waals surface area contributed by atoms with Crippen LogP contribution in [0, 0.1) is 0 Å². The van der Waals surface area contributed by atoms with Gasteiger partial charge in [-0.05, 0) is 38.1 Å². The van der Waals surface area contributed by atoms with Crippen LogP contribution in [0.2, 0.25) is 0 Å². The Labute approximate surface area is 181 Å². The van der Waals surface area contributed by atoms with Crippen molar-refractivity contribution in [1.29, 1.82) is 0 Å². The highest BCUT2D eigenvalue weighted by atomic mass is 32.1. The van der Waals surface area contributed by atoms with Crippen molar-refractivity contribution in [2.75, 3.05) is 22.9 Å². The van der Waals surface area contributed by atoms with E-state index in [1.54, 1.807) is 32.7 Å². The molecule has 6 nitrogen and oxygen atoms in total. The molecule has 152 valence electrons. The van der Waals surface area contributed by atoms with Gasteiger partial charge in [-0.3, -0.25) is 19.2 Å². The van der Waals surface area contributed by atoms with E-state index in [9.17, 15) is 19.2 Å². The van der Waals surface area contributed by atoms with Gasteiger partial charge in [0.1, 0.15) is 0 Å². The van der Waals surface area contributed by atoms with Crippen molar-refractivity contribution in [3.05, 3.63) is 68.0 Å². The number of carbonyl (C=O) groups is 4. The van der Waals surface area contributed by atoms with Gasteiger partial charge in [0, 0.05) is 35.0 Å². The number of hydrogen-bond donors (Lipinski definition) is 0. The van der Waals surface area contributed by atoms with Gasteiger partial charge in [0.25, 0.3) is 11.8 Å². The zero-order valence-corrected chi connectivity index (χ0v) is 18.0. The first-order valence-electron chi connectivity index (χ1n) is 9.28. The normalized spacial score (nSPS) is 13.1. The summed E-state index contributed by atoms with van der Waals surface area (Å²) in [7, 11) is 0. The fourth-order valence-electron chi connectivity index (χ4n) is 3.32. The molecular formula is C22H18N2O4S2. The Kier molecular flexibility index (Phi) is 5.36. The highest BCUT2D eigenvalue weighted by Crippen LogP contribution is 2.36. The van der Waals surface area contributed by atoms with Crippen molar-refractivity contribution in [1.82, 2.24) is 0 Å². The number of rotatable bonds is 4. The maximum atomic E-state index is 13.1. The molecule has 0 fully saturated rings. The monoisotopic (exact) mass is 438 g/mol. The number of fused-ring (bicyclic) bond motifs is 1. The summed E-state index contributed by atoms with van der Waals surface area (Å²) < 4.78 is 0.